The second-order valence-electron chi connectivity index (χ2n) is 5.98. The molecule has 1 N–H and O–H groups in total. The normalized spacial score (nSPS) is 18.0. The van der Waals surface area contributed by atoms with Crippen molar-refractivity contribution in [1.29, 1.82) is 0 Å². The first kappa shape index (κ1) is 19.2. The van der Waals surface area contributed by atoms with Gasteiger partial charge in [-0.25, -0.2) is 13.1 Å². The zero-order valence-electron chi connectivity index (χ0n) is 13.5. The van der Waals surface area contributed by atoms with Crippen molar-refractivity contribution in [2.75, 3.05) is 45.5 Å². The number of halogens is 3. The van der Waals surface area contributed by atoms with Gasteiger partial charge in [-0.1, -0.05) is 18.2 Å². The van der Waals surface area contributed by atoms with Gasteiger partial charge >= 0.3 is 6.18 Å². The van der Waals surface area contributed by atoms with Crippen LogP contribution in [0.1, 0.15) is 11.1 Å². The van der Waals surface area contributed by atoms with E-state index in [1.165, 1.54) is 12.1 Å². The molecule has 1 aliphatic rings. The summed E-state index contributed by atoms with van der Waals surface area (Å²) >= 11 is 0. The van der Waals surface area contributed by atoms with Crippen molar-refractivity contribution in [3.63, 3.8) is 0 Å². The molecule has 5 nitrogen and oxygen atoms in total. The van der Waals surface area contributed by atoms with E-state index < -0.39 is 21.8 Å². The fourth-order valence-electron chi connectivity index (χ4n) is 2.66. The smallest absolute Gasteiger partial charge is 0.299 e. The van der Waals surface area contributed by atoms with Crippen LogP contribution in [0.25, 0.3) is 0 Å². The molecular formula is C15H22F3N3O2S. The van der Waals surface area contributed by atoms with Gasteiger partial charge in [0.1, 0.15) is 0 Å². The van der Waals surface area contributed by atoms with E-state index >= 15 is 0 Å². The molecule has 136 valence electrons. The minimum Gasteiger partial charge on any atom is -0.299 e. The number of hydrogen-bond acceptors (Lipinski definition) is 4. The highest BCUT2D eigenvalue weighted by Crippen LogP contribution is 2.29. The maximum absolute atomic E-state index is 12.7. The van der Waals surface area contributed by atoms with Crippen LogP contribution in [0.3, 0.4) is 0 Å². The van der Waals surface area contributed by atoms with Gasteiger partial charge in [0, 0.05) is 45.8 Å². The summed E-state index contributed by atoms with van der Waals surface area (Å²) in [4.78, 5) is 4.25. The van der Waals surface area contributed by atoms with Crippen LogP contribution in [0.2, 0.25) is 0 Å². The topological polar surface area (TPSA) is 52.7 Å². The van der Waals surface area contributed by atoms with E-state index in [1.54, 1.807) is 6.07 Å². The second kappa shape index (κ2) is 7.81. The van der Waals surface area contributed by atoms with E-state index in [0.29, 0.717) is 25.2 Å². The van der Waals surface area contributed by atoms with E-state index in [2.05, 4.69) is 14.5 Å². The van der Waals surface area contributed by atoms with E-state index in [4.69, 9.17) is 0 Å². The highest BCUT2D eigenvalue weighted by molar-refractivity contribution is 7.88. The van der Waals surface area contributed by atoms with Gasteiger partial charge < -0.3 is 0 Å². The Balaban J connectivity index is 1.79. The van der Waals surface area contributed by atoms with E-state index in [9.17, 15) is 21.6 Å². The predicted molar refractivity (Wildman–Crippen MR) is 86.0 cm³/mol. The van der Waals surface area contributed by atoms with Gasteiger partial charge in [0.2, 0.25) is 10.0 Å². The molecule has 9 heteroatoms. The lowest BCUT2D eigenvalue weighted by Crippen LogP contribution is -2.47. The SMILES string of the molecule is CS(=O)(=O)NCCN1CCN(Cc2cccc(C(F)(F)F)c2)CC1. The van der Waals surface area contributed by atoms with Gasteiger partial charge in [-0.2, -0.15) is 13.2 Å². The Labute approximate surface area is 140 Å². The Kier molecular flexibility index (Phi) is 6.24. The third-order valence-corrected chi connectivity index (χ3v) is 4.65. The summed E-state index contributed by atoms with van der Waals surface area (Å²) < 4.78 is 62.7. The molecule has 1 heterocycles. The summed E-state index contributed by atoms with van der Waals surface area (Å²) in [7, 11) is -3.17. The summed E-state index contributed by atoms with van der Waals surface area (Å²) in [5.41, 5.74) is 0.0301. The fourth-order valence-corrected chi connectivity index (χ4v) is 3.13. The van der Waals surface area contributed by atoms with Crippen molar-refractivity contribution in [3.8, 4) is 0 Å². The van der Waals surface area contributed by atoms with Gasteiger partial charge in [-0.15, -0.1) is 0 Å². The Morgan fingerprint density at radius 1 is 1.12 bits per heavy atom. The summed E-state index contributed by atoms with van der Waals surface area (Å²) in [5, 5.41) is 0. The van der Waals surface area contributed by atoms with Crippen LogP contribution < -0.4 is 4.72 Å². The molecule has 0 aliphatic carbocycles. The Morgan fingerprint density at radius 2 is 1.75 bits per heavy atom. The number of rotatable bonds is 6. The summed E-state index contributed by atoms with van der Waals surface area (Å²) in [6.45, 7) is 4.51. The van der Waals surface area contributed by atoms with Crippen molar-refractivity contribution in [2.45, 2.75) is 12.7 Å². The molecular weight excluding hydrogens is 343 g/mol. The molecule has 0 bridgehead atoms. The first-order valence-corrected chi connectivity index (χ1v) is 9.58. The standard InChI is InChI=1S/C15H22F3N3O2S/c1-24(22,23)19-5-6-20-7-9-21(10-8-20)12-13-3-2-4-14(11-13)15(16,17)18/h2-4,11,19H,5-10,12H2,1H3. The Hall–Kier alpha value is -1.16. The number of hydrogen-bond donors (Lipinski definition) is 1. The van der Waals surface area contributed by atoms with Crippen LogP contribution in [-0.2, 0) is 22.7 Å². The van der Waals surface area contributed by atoms with Crippen molar-refractivity contribution < 1.29 is 21.6 Å². The molecule has 0 amide bonds. The molecule has 2 rings (SSSR count). The Bertz CT molecular complexity index is 642. The molecule has 1 aromatic rings. The first-order valence-electron chi connectivity index (χ1n) is 7.69. The van der Waals surface area contributed by atoms with Crippen molar-refractivity contribution in [3.05, 3.63) is 35.4 Å². The monoisotopic (exact) mass is 365 g/mol. The molecule has 0 unspecified atom stereocenters. The fraction of sp³-hybridized carbons (Fsp3) is 0.600. The van der Waals surface area contributed by atoms with Gasteiger partial charge in [-0.3, -0.25) is 9.80 Å². The van der Waals surface area contributed by atoms with Gasteiger partial charge in [-0.05, 0) is 11.6 Å². The quantitative estimate of drug-likeness (QED) is 0.827. The molecule has 0 atom stereocenters. The molecule has 0 radical (unpaired) electrons. The number of benzene rings is 1. The van der Waals surface area contributed by atoms with Crippen molar-refractivity contribution >= 4 is 10.0 Å². The van der Waals surface area contributed by atoms with Crippen LogP contribution in [0, 0.1) is 0 Å². The second-order valence-corrected chi connectivity index (χ2v) is 7.82. The lowest BCUT2D eigenvalue weighted by atomic mass is 10.1. The van der Waals surface area contributed by atoms with Crippen LogP contribution in [0.15, 0.2) is 24.3 Å². The maximum Gasteiger partial charge on any atom is 0.416 e. The van der Waals surface area contributed by atoms with Crippen molar-refractivity contribution in [1.82, 2.24) is 14.5 Å². The molecule has 1 aliphatic heterocycles. The zero-order valence-corrected chi connectivity index (χ0v) is 14.3. The Morgan fingerprint density at radius 3 is 2.33 bits per heavy atom. The number of nitrogens with one attached hydrogen (secondary N) is 1. The summed E-state index contributed by atoms with van der Waals surface area (Å²) in [5.74, 6) is 0. The van der Waals surface area contributed by atoms with Crippen LogP contribution in [0.4, 0.5) is 13.2 Å². The van der Waals surface area contributed by atoms with Crippen LogP contribution in [0.5, 0.6) is 0 Å². The highest BCUT2D eigenvalue weighted by Gasteiger charge is 2.30. The summed E-state index contributed by atoms with van der Waals surface area (Å²) in [6, 6.07) is 5.42. The van der Waals surface area contributed by atoms with Gasteiger partial charge in [0.25, 0.3) is 0 Å². The zero-order chi connectivity index (χ0) is 17.8. The third-order valence-electron chi connectivity index (χ3n) is 3.92. The average molecular weight is 365 g/mol. The third kappa shape index (κ3) is 6.39. The molecule has 0 aromatic heterocycles. The molecule has 0 saturated carbocycles. The van der Waals surface area contributed by atoms with E-state index in [1.807, 2.05) is 0 Å². The number of alkyl halides is 3. The van der Waals surface area contributed by atoms with Crippen LogP contribution in [-0.4, -0.2) is 63.7 Å². The molecule has 1 fully saturated rings. The number of nitrogens with zero attached hydrogens (tertiary/aromatic N) is 2. The van der Waals surface area contributed by atoms with E-state index in [0.717, 1.165) is 38.5 Å². The van der Waals surface area contributed by atoms with Crippen LogP contribution >= 0.6 is 0 Å². The molecule has 24 heavy (non-hydrogen) atoms. The average Bonchev–Trinajstić information content (AvgIpc) is 2.47. The number of sulfonamides is 1. The van der Waals surface area contributed by atoms with Gasteiger partial charge in [0.05, 0.1) is 11.8 Å². The maximum atomic E-state index is 12.7. The number of piperazine rings is 1. The lowest BCUT2D eigenvalue weighted by molar-refractivity contribution is -0.137. The minimum absolute atomic E-state index is 0.368. The predicted octanol–water partition coefficient (Wildman–Crippen LogP) is 1.37. The molecule has 1 saturated heterocycles. The molecule has 1 aromatic carbocycles. The highest BCUT2D eigenvalue weighted by atomic mass is 32.2. The lowest BCUT2D eigenvalue weighted by Gasteiger charge is -2.34. The minimum atomic E-state index is -4.32. The largest absolute Gasteiger partial charge is 0.416 e. The van der Waals surface area contributed by atoms with Gasteiger partial charge in [0.15, 0.2) is 0 Å². The molecule has 0 spiro atoms. The van der Waals surface area contributed by atoms with Crippen molar-refractivity contribution in [2.24, 2.45) is 0 Å². The first-order chi connectivity index (χ1) is 11.1. The summed E-state index contributed by atoms with van der Waals surface area (Å²) in [6.07, 6.45) is -3.19. The van der Waals surface area contributed by atoms with E-state index in [-0.39, 0.29) is 0 Å².